The number of hydrogen-bond donors (Lipinski definition) is 2. The Morgan fingerprint density at radius 2 is 1.86 bits per heavy atom. The summed E-state index contributed by atoms with van der Waals surface area (Å²) in [6.07, 6.45) is 6.39. The van der Waals surface area contributed by atoms with Crippen molar-refractivity contribution in [2.75, 3.05) is 39.1 Å². The van der Waals surface area contributed by atoms with Crippen LogP contribution in [0.4, 0.5) is 5.69 Å². The Kier molecular flexibility index (Phi) is 6.31. The van der Waals surface area contributed by atoms with Crippen molar-refractivity contribution in [3.05, 3.63) is 72.1 Å². The molecule has 0 radical (unpaired) electrons. The van der Waals surface area contributed by atoms with Gasteiger partial charge in [0, 0.05) is 73.4 Å². The van der Waals surface area contributed by atoms with Crippen LogP contribution in [0.2, 0.25) is 0 Å². The molecular weight excluding hydrogens is 434 g/mol. The predicted molar refractivity (Wildman–Crippen MR) is 144 cm³/mol. The molecule has 2 aromatic heterocycles. The minimum atomic E-state index is 0.00396. The van der Waals surface area contributed by atoms with Crippen molar-refractivity contribution >= 4 is 22.6 Å². The van der Waals surface area contributed by atoms with Gasteiger partial charge < -0.3 is 20.1 Å². The fourth-order valence-corrected chi connectivity index (χ4v) is 5.07. The smallest absolute Gasteiger partial charge is 0.253 e. The highest BCUT2D eigenvalue weighted by Gasteiger charge is 2.20. The van der Waals surface area contributed by atoms with E-state index in [0.29, 0.717) is 11.6 Å². The summed E-state index contributed by atoms with van der Waals surface area (Å²) in [4.78, 5) is 24.3. The summed E-state index contributed by atoms with van der Waals surface area (Å²) in [7, 11) is 5.59. The van der Waals surface area contributed by atoms with E-state index in [2.05, 4.69) is 53.4 Å². The van der Waals surface area contributed by atoms with Crippen molar-refractivity contribution in [3.63, 3.8) is 0 Å². The summed E-state index contributed by atoms with van der Waals surface area (Å²) in [6, 6.07) is 17.3. The predicted octanol–water partition coefficient (Wildman–Crippen LogP) is 5.10. The van der Waals surface area contributed by atoms with Crippen LogP contribution in [-0.2, 0) is 0 Å². The van der Waals surface area contributed by atoms with E-state index in [0.717, 1.165) is 40.8 Å². The van der Waals surface area contributed by atoms with Crippen LogP contribution in [0.3, 0.4) is 0 Å². The first-order valence-corrected chi connectivity index (χ1v) is 12.3. The molecule has 1 amide bonds. The maximum Gasteiger partial charge on any atom is 0.253 e. The molecule has 5 rings (SSSR count). The van der Waals surface area contributed by atoms with Gasteiger partial charge in [0.2, 0.25) is 0 Å². The van der Waals surface area contributed by atoms with E-state index in [-0.39, 0.29) is 5.91 Å². The van der Waals surface area contributed by atoms with Crippen LogP contribution >= 0.6 is 0 Å². The van der Waals surface area contributed by atoms with Crippen molar-refractivity contribution in [3.8, 4) is 22.3 Å². The third-order valence-corrected chi connectivity index (χ3v) is 7.08. The Bertz CT molecular complexity index is 1360. The number of fused-ring (bicyclic) bond motifs is 1. The molecule has 1 aliphatic rings. The second-order valence-electron chi connectivity index (χ2n) is 9.67. The van der Waals surface area contributed by atoms with Gasteiger partial charge in [-0.2, -0.15) is 0 Å². The van der Waals surface area contributed by atoms with Crippen molar-refractivity contribution < 1.29 is 4.79 Å². The number of H-pyrrole nitrogens is 1. The second kappa shape index (κ2) is 9.55. The summed E-state index contributed by atoms with van der Waals surface area (Å²) in [5.74, 6) is 0.00396. The topological polar surface area (TPSA) is 64.3 Å². The molecule has 1 fully saturated rings. The molecule has 6 nitrogen and oxygen atoms in total. The van der Waals surface area contributed by atoms with Crippen LogP contribution in [0.15, 0.2) is 60.9 Å². The summed E-state index contributed by atoms with van der Waals surface area (Å²) in [5, 5.41) is 4.51. The fraction of sp³-hybridized carbons (Fsp3) is 0.310. The Morgan fingerprint density at radius 1 is 1.09 bits per heavy atom. The Labute approximate surface area is 207 Å². The first-order valence-electron chi connectivity index (χ1n) is 12.3. The summed E-state index contributed by atoms with van der Waals surface area (Å²) < 4.78 is 0. The van der Waals surface area contributed by atoms with Gasteiger partial charge in [0.25, 0.3) is 5.91 Å². The van der Waals surface area contributed by atoms with Gasteiger partial charge in [0.1, 0.15) is 5.65 Å². The molecule has 1 unspecified atom stereocenters. The highest BCUT2D eigenvalue weighted by Crippen LogP contribution is 2.33. The van der Waals surface area contributed by atoms with E-state index >= 15 is 0 Å². The maximum absolute atomic E-state index is 12.2. The molecule has 4 aromatic rings. The van der Waals surface area contributed by atoms with E-state index in [1.54, 1.807) is 19.0 Å². The summed E-state index contributed by atoms with van der Waals surface area (Å²) >= 11 is 0. The number of anilines is 1. The SMILES string of the molecule is CNC1CCCN(c2ccc(-c3cnc4[nH]cc(-c5ccc(C(=O)N(C)C)cc5)c4c3)cc2C)C1. The van der Waals surface area contributed by atoms with Crippen molar-refractivity contribution in [2.45, 2.75) is 25.8 Å². The van der Waals surface area contributed by atoms with Crippen molar-refractivity contribution in [1.29, 1.82) is 0 Å². The zero-order valence-electron chi connectivity index (χ0n) is 20.9. The van der Waals surface area contributed by atoms with Crippen LogP contribution in [-0.4, -0.2) is 61.0 Å². The maximum atomic E-state index is 12.2. The quantitative estimate of drug-likeness (QED) is 0.429. The number of nitrogens with zero attached hydrogens (tertiary/aromatic N) is 3. The normalized spacial score (nSPS) is 16.0. The minimum absolute atomic E-state index is 0.00396. The molecule has 0 aliphatic carbocycles. The van der Waals surface area contributed by atoms with E-state index < -0.39 is 0 Å². The molecule has 0 saturated carbocycles. The lowest BCUT2D eigenvalue weighted by molar-refractivity contribution is 0.0827. The van der Waals surface area contributed by atoms with Gasteiger partial charge >= 0.3 is 0 Å². The Balaban J connectivity index is 1.45. The lowest BCUT2D eigenvalue weighted by atomic mass is 9.98. The zero-order chi connectivity index (χ0) is 24.5. The first kappa shape index (κ1) is 23.1. The van der Waals surface area contributed by atoms with Crippen LogP contribution < -0.4 is 10.2 Å². The monoisotopic (exact) mass is 467 g/mol. The number of carbonyl (C=O) groups is 1. The molecule has 1 saturated heterocycles. The van der Waals surface area contributed by atoms with Gasteiger partial charge in [-0.05, 0) is 73.8 Å². The largest absolute Gasteiger partial charge is 0.370 e. The molecule has 2 aromatic carbocycles. The number of aryl methyl sites for hydroxylation is 1. The molecule has 180 valence electrons. The molecule has 1 atom stereocenters. The Hall–Kier alpha value is -3.64. The van der Waals surface area contributed by atoms with E-state index in [1.165, 1.54) is 29.7 Å². The lowest BCUT2D eigenvalue weighted by Gasteiger charge is -2.35. The highest BCUT2D eigenvalue weighted by molar-refractivity contribution is 5.98. The number of rotatable bonds is 5. The molecule has 6 heteroatoms. The molecule has 3 heterocycles. The number of piperidine rings is 1. The minimum Gasteiger partial charge on any atom is -0.370 e. The van der Waals surface area contributed by atoms with E-state index in [1.807, 2.05) is 36.7 Å². The van der Waals surface area contributed by atoms with Crippen molar-refractivity contribution in [1.82, 2.24) is 20.2 Å². The first-order chi connectivity index (χ1) is 16.9. The molecule has 2 N–H and O–H groups in total. The number of pyridine rings is 1. The molecule has 1 aliphatic heterocycles. The standard InChI is InChI=1S/C29H33N5O/c1-19-14-22(11-12-27(19)34-13-5-6-24(18-34)30-2)23-15-25-26(17-32-28(25)31-16-23)20-7-9-21(10-8-20)29(35)33(3)4/h7-12,14-17,24,30H,5-6,13,18H2,1-4H3,(H,31,32). The highest BCUT2D eigenvalue weighted by atomic mass is 16.2. The Morgan fingerprint density at radius 3 is 2.57 bits per heavy atom. The third-order valence-electron chi connectivity index (χ3n) is 7.08. The molecule has 0 bridgehead atoms. The number of amides is 1. The third kappa shape index (κ3) is 4.54. The van der Waals surface area contributed by atoms with Crippen LogP contribution in [0.5, 0.6) is 0 Å². The van der Waals surface area contributed by atoms with Crippen LogP contribution in [0.1, 0.15) is 28.8 Å². The van der Waals surface area contributed by atoms with Crippen LogP contribution in [0.25, 0.3) is 33.3 Å². The number of aromatic amines is 1. The van der Waals surface area contributed by atoms with E-state index in [4.69, 9.17) is 4.98 Å². The number of benzene rings is 2. The van der Waals surface area contributed by atoms with Gasteiger partial charge in [0.15, 0.2) is 0 Å². The molecule has 35 heavy (non-hydrogen) atoms. The summed E-state index contributed by atoms with van der Waals surface area (Å²) in [5.41, 5.74) is 8.55. The van der Waals surface area contributed by atoms with E-state index in [9.17, 15) is 4.79 Å². The van der Waals surface area contributed by atoms with Crippen molar-refractivity contribution in [2.24, 2.45) is 0 Å². The van der Waals surface area contributed by atoms with Gasteiger partial charge in [-0.15, -0.1) is 0 Å². The molecule has 0 spiro atoms. The van der Waals surface area contributed by atoms with Gasteiger partial charge in [0.05, 0.1) is 0 Å². The summed E-state index contributed by atoms with van der Waals surface area (Å²) in [6.45, 7) is 4.36. The average Bonchev–Trinajstić information content (AvgIpc) is 3.31. The number of nitrogens with one attached hydrogen (secondary N) is 2. The zero-order valence-corrected chi connectivity index (χ0v) is 20.9. The average molecular weight is 468 g/mol. The number of carbonyl (C=O) groups excluding carboxylic acids is 1. The van der Waals surface area contributed by atoms with Gasteiger partial charge in [-0.3, -0.25) is 4.79 Å². The fourth-order valence-electron chi connectivity index (χ4n) is 5.07. The van der Waals surface area contributed by atoms with Gasteiger partial charge in [-0.1, -0.05) is 18.2 Å². The van der Waals surface area contributed by atoms with Gasteiger partial charge in [-0.25, -0.2) is 4.98 Å². The van der Waals surface area contributed by atoms with Crippen LogP contribution in [0, 0.1) is 6.92 Å². The lowest BCUT2D eigenvalue weighted by Crippen LogP contribution is -2.44. The number of likely N-dealkylation sites (N-methyl/N-ethyl adjacent to an activating group) is 1. The number of hydrogen-bond acceptors (Lipinski definition) is 4. The number of aromatic nitrogens is 2. The molecular formula is C29H33N5O. The second-order valence-corrected chi connectivity index (χ2v) is 9.67.